The fourth-order valence-corrected chi connectivity index (χ4v) is 5.24. The highest BCUT2D eigenvalue weighted by molar-refractivity contribution is 8.14. The molecule has 162 valence electrons. The quantitative estimate of drug-likeness (QED) is 0.579. The van der Waals surface area contributed by atoms with Gasteiger partial charge in [0.2, 0.25) is 0 Å². The third kappa shape index (κ3) is 4.08. The minimum Gasteiger partial charge on any atom is -0.489 e. The number of hydrogen-bond donors (Lipinski definition) is 1. The maximum absolute atomic E-state index is 11.0. The number of amidine groups is 1. The zero-order chi connectivity index (χ0) is 22.1. The third-order valence-corrected chi connectivity index (χ3v) is 6.81. The Morgan fingerprint density at radius 3 is 2.59 bits per heavy atom. The predicted octanol–water partition coefficient (Wildman–Crippen LogP) is 4.95. The molecule has 2 aliphatic heterocycles. The first kappa shape index (κ1) is 20.6. The number of thioether (sulfide) groups is 1. The Morgan fingerprint density at radius 2 is 1.91 bits per heavy atom. The number of aliphatic imine (C=N–C) groups is 1. The summed E-state index contributed by atoms with van der Waals surface area (Å²) in [6, 6.07) is 21.0. The van der Waals surface area contributed by atoms with Gasteiger partial charge in [0.1, 0.15) is 18.4 Å². The minimum atomic E-state index is -0.929. The Morgan fingerprint density at radius 1 is 1.12 bits per heavy atom. The molecule has 3 atom stereocenters. The van der Waals surface area contributed by atoms with Gasteiger partial charge in [0.25, 0.3) is 0 Å². The van der Waals surface area contributed by atoms with Crippen molar-refractivity contribution in [2.75, 3.05) is 6.54 Å². The number of carboxylic acid groups (broad SMARTS) is 1. The highest BCUT2D eigenvalue weighted by Gasteiger charge is 2.43. The largest absolute Gasteiger partial charge is 0.489 e. The molecular formula is C25H23N3O3S. The zero-order valence-corrected chi connectivity index (χ0v) is 18.4. The van der Waals surface area contributed by atoms with Crippen LogP contribution < -0.4 is 4.74 Å². The van der Waals surface area contributed by atoms with E-state index in [1.165, 1.54) is 5.56 Å². The minimum absolute atomic E-state index is 0.0225. The van der Waals surface area contributed by atoms with Crippen molar-refractivity contribution in [3.05, 3.63) is 95.3 Å². The maximum atomic E-state index is 11.0. The van der Waals surface area contributed by atoms with Crippen molar-refractivity contribution in [2.24, 2.45) is 4.99 Å². The fraction of sp³-hybridized carbons (Fsp3) is 0.240. The Kier molecular flexibility index (Phi) is 5.57. The molecule has 2 aliphatic rings. The molecule has 6 nitrogen and oxygen atoms in total. The van der Waals surface area contributed by atoms with Crippen LogP contribution in [0.25, 0.3) is 0 Å². The van der Waals surface area contributed by atoms with Crippen LogP contribution in [0.15, 0.2) is 77.9 Å². The molecule has 32 heavy (non-hydrogen) atoms. The van der Waals surface area contributed by atoms with Crippen LogP contribution in [0.4, 0.5) is 0 Å². The van der Waals surface area contributed by atoms with Crippen molar-refractivity contribution in [1.29, 1.82) is 0 Å². The van der Waals surface area contributed by atoms with Crippen LogP contribution in [-0.2, 0) is 6.61 Å². The van der Waals surface area contributed by atoms with Gasteiger partial charge < -0.3 is 14.7 Å². The van der Waals surface area contributed by atoms with Gasteiger partial charge in [0, 0.05) is 18.0 Å². The van der Waals surface area contributed by atoms with E-state index < -0.39 is 5.97 Å². The van der Waals surface area contributed by atoms with E-state index in [1.54, 1.807) is 24.3 Å². The first-order valence-electron chi connectivity index (χ1n) is 10.6. The molecule has 0 saturated carbocycles. The van der Waals surface area contributed by atoms with Crippen molar-refractivity contribution in [1.82, 2.24) is 9.88 Å². The van der Waals surface area contributed by atoms with Gasteiger partial charge in [-0.15, -0.1) is 0 Å². The van der Waals surface area contributed by atoms with Gasteiger partial charge >= 0.3 is 5.97 Å². The number of ether oxygens (including phenoxy) is 1. The molecular weight excluding hydrogens is 422 g/mol. The molecule has 0 unspecified atom stereocenters. The molecule has 1 fully saturated rings. The van der Waals surface area contributed by atoms with Gasteiger partial charge in [0.15, 0.2) is 5.17 Å². The summed E-state index contributed by atoms with van der Waals surface area (Å²) in [6.07, 6.45) is 1.83. The highest BCUT2D eigenvalue weighted by Crippen LogP contribution is 2.47. The van der Waals surface area contributed by atoms with Gasteiger partial charge in [-0.25, -0.2) is 4.79 Å². The molecule has 0 bridgehead atoms. The van der Waals surface area contributed by atoms with E-state index in [-0.39, 0.29) is 17.6 Å². The number of rotatable bonds is 6. The number of aromatic carboxylic acids is 1. The molecule has 3 aromatic rings. The Labute approximate surface area is 191 Å². The monoisotopic (exact) mass is 445 g/mol. The van der Waals surface area contributed by atoms with E-state index in [4.69, 9.17) is 14.8 Å². The van der Waals surface area contributed by atoms with E-state index in [9.17, 15) is 4.79 Å². The number of carboxylic acids is 1. The van der Waals surface area contributed by atoms with Gasteiger partial charge in [-0.2, -0.15) is 0 Å². The molecule has 1 aromatic heterocycles. The van der Waals surface area contributed by atoms with E-state index in [0.29, 0.717) is 11.9 Å². The molecule has 1 saturated heterocycles. The lowest BCUT2D eigenvalue weighted by molar-refractivity contribution is 0.0697. The molecule has 3 heterocycles. The summed E-state index contributed by atoms with van der Waals surface area (Å²) < 4.78 is 5.92. The lowest BCUT2D eigenvalue weighted by Gasteiger charge is -2.27. The van der Waals surface area contributed by atoms with Crippen LogP contribution >= 0.6 is 11.8 Å². The van der Waals surface area contributed by atoms with Crippen LogP contribution in [0.3, 0.4) is 0 Å². The second-order valence-electron chi connectivity index (χ2n) is 8.00. The van der Waals surface area contributed by atoms with Crippen LogP contribution in [0.1, 0.15) is 46.2 Å². The van der Waals surface area contributed by atoms with Crippen molar-refractivity contribution in [3.8, 4) is 5.75 Å². The first-order valence-corrected chi connectivity index (χ1v) is 11.4. The molecule has 0 spiro atoms. The topological polar surface area (TPSA) is 75.0 Å². The number of benzene rings is 2. The molecule has 5 rings (SSSR count). The number of pyridine rings is 1. The van der Waals surface area contributed by atoms with Crippen LogP contribution in [0.2, 0.25) is 0 Å². The molecule has 0 aliphatic carbocycles. The molecule has 2 aromatic carbocycles. The smallest absolute Gasteiger partial charge is 0.335 e. The normalized spacial score (nSPS) is 21.8. The summed E-state index contributed by atoms with van der Waals surface area (Å²) in [5.41, 5.74) is 3.37. The lowest BCUT2D eigenvalue weighted by Crippen LogP contribution is -2.28. The highest BCUT2D eigenvalue weighted by atomic mass is 32.2. The van der Waals surface area contributed by atoms with Crippen molar-refractivity contribution >= 4 is 22.9 Å². The third-order valence-electron chi connectivity index (χ3n) is 5.71. The van der Waals surface area contributed by atoms with E-state index in [1.807, 2.05) is 48.3 Å². The van der Waals surface area contributed by atoms with Crippen molar-refractivity contribution < 1.29 is 14.6 Å². The SMILES string of the molecule is C[C@@H]1CN2C(=N[C@@H](c3ccccn3)[C@@H]2c2ccc(OCc3ccc(C(=O)O)cc3)cc2)S1. The zero-order valence-electron chi connectivity index (χ0n) is 17.6. The summed E-state index contributed by atoms with van der Waals surface area (Å²) >= 11 is 1.83. The Bertz CT molecular complexity index is 1130. The number of hydrogen-bond acceptors (Lipinski definition) is 6. The van der Waals surface area contributed by atoms with Crippen molar-refractivity contribution in [3.63, 3.8) is 0 Å². The van der Waals surface area contributed by atoms with E-state index >= 15 is 0 Å². The maximum Gasteiger partial charge on any atom is 0.335 e. The number of aromatic nitrogens is 1. The first-order chi connectivity index (χ1) is 15.6. The molecule has 0 radical (unpaired) electrons. The summed E-state index contributed by atoms with van der Waals surface area (Å²) in [6.45, 7) is 3.59. The number of fused-ring (bicyclic) bond motifs is 1. The molecule has 1 N–H and O–H groups in total. The van der Waals surface area contributed by atoms with Gasteiger partial charge in [-0.1, -0.05) is 49.0 Å². The van der Waals surface area contributed by atoms with Crippen LogP contribution in [0, 0.1) is 0 Å². The van der Waals surface area contributed by atoms with E-state index in [2.05, 4.69) is 28.9 Å². The average molecular weight is 446 g/mol. The van der Waals surface area contributed by atoms with Crippen molar-refractivity contribution in [2.45, 2.75) is 30.9 Å². The average Bonchev–Trinajstić information content (AvgIpc) is 3.35. The summed E-state index contributed by atoms with van der Waals surface area (Å²) in [7, 11) is 0. The van der Waals surface area contributed by atoms with Crippen LogP contribution in [-0.4, -0.2) is 37.9 Å². The Balaban J connectivity index is 1.32. The standard InChI is InChI=1S/C25H23N3O3S/c1-16-14-28-23(22(27-25(28)32-16)21-4-2-3-13-26-21)18-9-11-20(12-10-18)31-15-17-5-7-19(8-6-17)24(29)30/h2-13,16,22-23H,14-15H2,1H3,(H,29,30)/t16-,22+,23+/m1/s1. The predicted molar refractivity (Wildman–Crippen MR) is 125 cm³/mol. The molecule has 0 amide bonds. The van der Waals surface area contributed by atoms with Crippen LogP contribution in [0.5, 0.6) is 5.75 Å². The van der Waals surface area contributed by atoms with E-state index in [0.717, 1.165) is 28.7 Å². The number of nitrogens with zero attached hydrogens (tertiary/aromatic N) is 3. The fourth-order valence-electron chi connectivity index (χ4n) is 4.15. The summed E-state index contributed by atoms with van der Waals surface area (Å²) in [4.78, 5) is 23.0. The second kappa shape index (κ2) is 8.67. The Hall–Kier alpha value is -3.32. The summed E-state index contributed by atoms with van der Waals surface area (Å²) in [5, 5.41) is 10.6. The molecule has 7 heteroatoms. The van der Waals surface area contributed by atoms with Gasteiger partial charge in [-0.3, -0.25) is 9.98 Å². The second-order valence-corrected chi connectivity index (χ2v) is 9.40. The summed E-state index contributed by atoms with van der Waals surface area (Å²) in [5.74, 6) is -0.157. The lowest BCUT2D eigenvalue weighted by atomic mass is 9.96. The number of carbonyl (C=O) groups is 1. The van der Waals surface area contributed by atoms with Gasteiger partial charge in [0.05, 0.1) is 17.3 Å². The van der Waals surface area contributed by atoms with Gasteiger partial charge in [-0.05, 0) is 47.5 Å².